The zero-order chi connectivity index (χ0) is 16.0. The van der Waals surface area contributed by atoms with Crippen molar-refractivity contribution in [1.29, 1.82) is 0 Å². The van der Waals surface area contributed by atoms with Gasteiger partial charge >= 0.3 is 0 Å². The molecule has 2 nitrogen and oxygen atoms in total. The predicted molar refractivity (Wildman–Crippen MR) is 98.4 cm³/mol. The molecule has 0 aromatic heterocycles. The summed E-state index contributed by atoms with van der Waals surface area (Å²) < 4.78 is 5.97. The van der Waals surface area contributed by atoms with E-state index in [1.54, 1.807) is 0 Å². The van der Waals surface area contributed by atoms with E-state index in [0.29, 0.717) is 0 Å². The molecule has 128 valence electrons. The van der Waals surface area contributed by atoms with E-state index >= 15 is 0 Å². The van der Waals surface area contributed by atoms with Crippen molar-refractivity contribution in [3.63, 3.8) is 0 Å². The molecule has 0 aromatic carbocycles. The highest BCUT2D eigenvalue weighted by atomic mass is 28.4. The average molecular weight is 316 g/mol. The molecule has 0 saturated carbocycles. The molecule has 0 aliphatic carbocycles. The Morgan fingerprint density at radius 3 is 1.67 bits per heavy atom. The van der Waals surface area contributed by atoms with Crippen molar-refractivity contribution in [2.24, 2.45) is 5.73 Å². The lowest BCUT2D eigenvalue weighted by atomic mass is 10.1. The smallest absolute Gasteiger partial charge is 0.189 e. The van der Waals surface area contributed by atoms with Crippen LogP contribution in [-0.4, -0.2) is 21.5 Å². The molecule has 2 N–H and O–H groups in total. The van der Waals surface area contributed by atoms with Crippen LogP contribution in [0.5, 0.6) is 0 Å². The van der Waals surface area contributed by atoms with Crippen molar-refractivity contribution in [3.05, 3.63) is 0 Å². The second-order valence-electron chi connectivity index (χ2n) is 7.05. The van der Waals surface area contributed by atoms with Crippen molar-refractivity contribution < 1.29 is 4.43 Å². The van der Waals surface area contributed by atoms with Gasteiger partial charge in [0.15, 0.2) is 8.32 Å². The lowest BCUT2D eigenvalue weighted by Crippen LogP contribution is -2.35. The first-order valence-electron chi connectivity index (χ1n) is 9.38. The van der Waals surface area contributed by atoms with E-state index in [0.717, 1.165) is 18.7 Å². The maximum atomic E-state index is 5.97. The van der Waals surface area contributed by atoms with Gasteiger partial charge in [-0.25, -0.2) is 0 Å². The molecule has 0 aliphatic rings. The molecule has 0 spiro atoms. The first-order chi connectivity index (χ1) is 10.0. The van der Waals surface area contributed by atoms with Gasteiger partial charge in [-0.05, 0) is 38.5 Å². The molecule has 0 heterocycles. The third-order valence-electron chi connectivity index (χ3n) is 4.79. The van der Waals surface area contributed by atoms with Gasteiger partial charge in [-0.2, -0.15) is 0 Å². The van der Waals surface area contributed by atoms with E-state index in [9.17, 15) is 0 Å². The molecule has 0 radical (unpaired) electrons. The maximum absolute atomic E-state index is 5.97. The van der Waals surface area contributed by atoms with Crippen LogP contribution < -0.4 is 5.73 Å². The topological polar surface area (TPSA) is 35.2 Å². The molecule has 1 unspecified atom stereocenters. The van der Waals surface area contributed by atoms with Crippen LogP contribution in [0.4, 0.5) is 0 Å². The Labute approximate surface area is 135 Å². The van der Waals surface area contributed by atoms with Gasteiger partial charge in [0.25, 0.3) is 0 Å². The summed E-state index contributed by atoms with van der Waals surface area (Å²) in [6.45, 7) is 11.0. The highest BCUT2D eigenvalue weighted by Gasteiger charge is 2.28. The molecule has 3 heteroatoms. The molecule has 0 saturated heterocycles. The predicted octanol–water partition coefficient (Wildman–Crippen LogP) is 5.87. The van der Waals surface area contributed by atoms with E-state index < -0.39 is 8.32 Å². The van der Waals surface area contributed by atoms with Crippen LogP contribution in [0.25, 0.3) is 0 Å². The summed E-state index contributed by atoms with van der Waals surface area (Å²) in [5, 5.41) is 0. The minimum atomic E-state index is -1.41. The molecular formula is C18H41NOSi. The Kier molecular flexibility index (Phi) is 13.9. The Morgan fingerprint density at radius 1 is 0.810 bits per heavy atom. The van der Waals surface area contributed by atoms with E-state index in [4.69, 9.17) is 10.2 Å². The molecular weight excluding hydrogens is 274 g/mol. The largest absolute Gasteiger partial charge is 0.417 e. The Balaban J connectivity index is 3.32. The summed E-state index contributed by atoms with van der Waals surface area (Å²) in [6, 6.07) is 0. The SMILES string of the molecule is CCO[Si](C)(C)C(C)CCCCCCCCCCCCN. The number of rotatable bonds is 15. The first-order valence-corrected chi connectivity index (χ1v) is 12.4. The third kappa shape index (κ3) is 12.4. The van der Waals surface area contributed by atoms with Crippen molar-refractivity contribution >= 4 is 8.32 Å². The quantitative estimate of drug-likeness (QED) is 0.303. The average Bonchev–Trinajstić information content (AvgIpc) is 2.44. The summed E-state index contributed by atoms with van der Waals surface area (Å²) in [5.74, 6) is 0. The van der Waals surface area contributed by atoms with Gasteiger partial charge in [0.05, 0.1) is 0 Å². The fourth-order valence-corrected chi connectivity index (χ4v) is 4.80. The standard InChI is InChI=1S/C18H41NOSi/c1-5-20-21(3,4)18(2)16-14-12-10-8-6-7-9-11-13-15-17-19/h18H,5-17,19H2,1-4H3. The van der Waals surface area contributed by atoms with Crippen molar-refractivity contribution in [2.75, 3.05) is 13.2 Å². The lowest BCUT2D eigenvalue weighted by molar-refractivity contribution is 0.318. The van der Waals surface area contributed by atoms with E-state index in [-0.39, 0.29) is 0 Å². The monoisotopic (exact) mass is 315 g/mol. The Bertz CT molecular complexity index is 221. The second kappa shape index (κ2) is 13.8. The first kappa shape index (κ1) is 21.1. The maximum Gasteiger partial charge on any atom is 0.189 e. The fraction of sp³-hybridized carbons (Fsp3) is 1.00. The molecule has 0 aliphatic heterocycles. The van der Waals surface area contributed by atoms with Crippen LogP contribution in [0.15, 0.2) is 0 Å². The summed E-state index contributed by atoms with van der Waals surface area (Å²) in [4.78, 5) is 0. The highest BCUT2D eigenvalue weighted by molar-refractivity contribution is 6.72. The third-order valence-corrected chi connectivity index (χ3v) is 8.49. The lowest BCUT2D eigenvalue weighted by Gasteiger charge is -2.29. The zero-order valence-corrected chi connectivity index (χ0v) is 16.3. The minimum Gasteiger partial charge on any atom is -0.417 e. The fourth-order valence-electron chi connectivity index (χ4n) is 2.87. The molecule has 0 fully saturated rings. The molecule has 1 atom stereocenters. The van der Waals surface area contributed by atoms with Crippen LogP contribution in [0.2, 0.25) is 18.6 Å². The van der Waals surface area contributed by atoms with Gasteiger partial charge < -0.3 is 10.2 Å². The van der Waals surface area contributed by atoms with Crippen molar-refractivity contribution in [2.45, 2.75) is 103 Å². The van der Waals surface area contributed by atoms with Gasteiger partial charge in [0.1, 0.15) is 0 Å². The number of hydrogen-bond donors (Lipinski definition) is 1. The number of unbranched alkanes of at least 4 members (excludes halogenated alkanes) is 9. The van der Waals surface area contributed by atoms with E-state index in [1.165, 1.54) is 70.6 Å². The Hall–Kier alpha value is 0.137. The van der Waals surface area contributed by atoms with Gasteiger partial charge in [-0.3, -0.25) is 0 Å². The van der Waals surface area contributed by atoms with Crippen LogP contribution in [0.1, 0.15) is 84.5 Å². The summed E-state index contributed by atoms with van der Waals surface area (Å²) >= 11 is 0. The molecule has 0 rings (SSSR count). The Morgan fingerprint density at radius 2 is 1.24 bits per heavy atom. The van der Waals surface area contributed by atoms with E-state index in [2.05, 4.69) is 26.9 Å². The van der Waals surface area contributed by atoms with Crippen LogP contribution in [0.3, 0.4) is 0 Å². The summed E-state index contributed by atoms with van der Waals surface area (Å²) in [7, 11) is -1.41. The molecule has 0 aromatic rings. The van der Waals surface area contributed by atoms with Gasteiger partial charge in [0, 0.05) is 6.61 Å². The molecule has 0 bridgehead atoms. The number of nitrogens with two attached hydrogens (primary N) is 1. The highest BCUT2D eigenvalue weighted by Crippen LogP contribution is 2.28. The summed E-state index contributed by atoms with van der Waals surface area (Å²) in [5.41, 5.74) is 6.29. The van der Waals surface area contributed by atoms with Crippen LogP contribution >= 0.6 is 0 Å². The summed E-state index contributed by atoms with van der Waals surface area (Å²) in [6.07, 6.45) is 15.2. The number of hydrogen-bond acceptors (Lipinski definition) is 2. The van der Waals surface area contributed by atoms with E-state index in [1.807, 2.05) is 0 Å². The van der Waals surface area contributed by atoms with Crippen LogP contribution in [0, 0.1) is 0 Å². The van der Waals surface area contributed by atoms with Gasteiger partial charge in [-0.1, -0.05) is 71.1 Å². The van der Waals surface area contributed by atoms with Crippen LogP contribution in [-0.2, 0) is 4.43 Å². The van der Waals surface area contributed by atoms with Crippen molar-refractivity contribution in [1.82, 2.24) is 0 Å². The second-order valence-corrected chi connectivity index (χ2v) is 11.5. The normalized spacial score (nSPS) is 13.6. The minimum absolute atomic E-state index is 0.792. The van der Waals surface area contributed by atoms with Gasteiger partial charge in [0.2, 0.25) is 0 Å². The van der Waals surface area contributed by atoms with Gasteiger partial charge in [-0.15, -0.1) is 0 Å². The molecule has 0 amide bonds. The zero-order valence-electron chi connectivity index (χ0n) is 15.3. The van der Waals surface area contributed by atoms with Crippen molar-refractivity contribution in [3.8, 4) is 0 Å². The molecule has 21 heavy (non-hydrogen) atoms.